The average molecular weight is 193 g/mol. The molecule has 0 radical (unpaired) electrons. The highest BCUT2D eigenvalue weighted by atomic mass is 32.1. The molecular weight excluding hydrogens is 178 g/mol. The Morgan fingerprint density at radius 1 is 1.38 bits per heavy atom. The number of fused-ring (bicyclic) bond motifs is 2. The normalized spacial score (nSPS) is 28.2. The molecule has 3 heterocycles. The van der Waals surface area contributed by atoms with E-state index < -0.39 is 0 Å². The molecule has 0 amide bonds. The summed E-state index contributed by atoms with van der Waals surface area (Å²) in [7, 11) is 0. The van der Waals surface area contributed by atoms with Gasteiger partial charge >= 0.3 is 0 Å². The van der Waals surface area contributed by atoms with Gasteiger partial charge in [-0.05, 0) is 42.8 Å². The van der Waals surface area contributed by atoms with E-state index in [1.54, 1.807) is 10.4 Å². The summed E-state index contributed by atoms with van der Waals surface area (Å²) in [5.74, 6) is 0. The van der Waals surface area contributed by atoms with Crippen molar-refractivity contribution in [2.75, 3.05) is 6.54 Å². The van der Waals surface area contributed by atoms with E-state index in [4.69, 9.17) is 0 Å². The summed E-state index contributed by atoms with van der Waals surface area (Å²) in [5, 5.41) is 2.25. The summed E-state index contributed by atoms with van der Waals surface area (Å²) >= 11 is 1.95. The maximum Gasteiger partial charge on any atom is 0.0247 e. The van der Waals surface area contributed by atoms with Crippen molar-refractivity contribution in [3.05, 3.63) is 21.9 Å². The molecule has 1 aromatic rings. The van der Waals surface area contributed by atoms with Gasteiger partial charge in [-0.2, -0.15) is 0 Å². The van der Waals surface area contributed by atoms with Crippen LogP contribution in [0.15, 0.2) is 11.4 Å². The summed E-state index contributed by atoms with van der Waals surface area (Å²) < 4.78 is 0. The van der Waals surface area contributed by atoms with E-state index in [9.17, 15) is 0 Å². The SMILES string of the molecule is c1cc2c(s1)CC1CCCCN1C2. The van der Waals surface area contributed by atoms with Gasteiger partial charge < -0.3 is 0 Å². The number of nitrogens with zero attached hydrogens (tertiary/aromatic N) is 1. The summed E-state index contributed by atoms with van der Waals surface area (Å²) in [4.78, 5) is 4.33. The molecule has 1 unspecified atom stereocenters. The van der Waals surface area contributed by atoms with E-state index in [1.165, 1.54) is 38.8 Å². The molecule has 1 aromatic heterocycles. The van der Waals surface area contributed by atoms with Gasteiger partial charge in [-0.3, -0.25) is 4.90 Å². The highest BCUT2D eigenvalue weighted by molar-refractivity contribution is 7.10. The van der Waals surface area contributed by atoms with Crippen LogP contribution in [0.2, 0.25) is 0 Å². The zero-order valence-corrected chi connectivity index (χ0v) is 8.65. The average Bonchev–Trinajstić information content (AvgIpc) is 2.61. The maximum atomic E-state index is 2.68. The van der Waals surface area contributed by atoms with Crippen LogP contribution in [-0.2, 0) is 13.0 Å². The van der Waals surface area contributed by atoms with Gasteiger partial charge in [-0.25, -0.2) is 0 Å². The van der Waals surface area contributed by atoms with Crippen molar-refractivity contribution in [1.82, 2.24) is 4.90 Å². The number of hydrogen-bond donors (Lipinski definition) is 0. The summed E-state index contributed by atoms with van der Waals surface area (Å²) in [6.07, 6.45) is 5.61. The summed E-state index contributed by atoms with van der Waals surface area (Å²) in [5.41, 5.74) is 1.60. The topological polar surface area (TPSA) is 3.24 Å². The van der Waals surface area contributed by atoms with Gasteiger partial charge in [0.05, 0.1) is 0 Å². The van der Waals surface area contributed by atoms with Crippen LogP contribution in [0.1, 0.15) is 29.7 Å². The number of piperidine rings is 1. The Hall–Kier alpha value is -0.340. The molecule has 0 N–H and O–H groups in total. The molecule has 0 saturated carbocycles. The lowest BCUT2D eigenvalue weighted by atomic mass is 9.93. The van der Waals surface area contributed by atoms with Gasteiger partial charge in [0.15, 0.2) is 0 Å². The van der Waals surface area contributed by atoms with E-state index in [0.29, 0.717) is 0 Å². The summed E-state index contributed by atoms with van der Waals surface area (Å²) in [6, 6.07) is 3.19. The van der Waals surface area contributed by atoms with Crippen LogP contribution in [0.25, 0.3) is 0 Å². The third-order valence-electron chi connectivity index (χ3n) is 3.38. The van der Waals surface area contributed by atoms with E-state index in [-0.39, 0.29) is 0 Å². The second kappa shape index (κ2) is 3.10. The highest BCUT2D eigenvalue weighted by Crippen LogP contribution is 2.31. The highest BCUT2D eigenvalue weighted by Gasteiger charge is 2.28. The first-order valence-corrected chi connectivity index (χ1v) is 6.11. The lowest BCUT2D eigenvalue weighted by Gasteiger charge is -2.39. The monoisotopic (exact) mass is 193 g/mol. The zero-order valence-electron chi connectivity index (χ0n) is 7.83. The Labute approximate surface area is 83.4 Å². The molecule has 0 spiro atoms. The van der Waals surface area contributed by atoms with Gasteiger partial charge in [-0.1, -0.05) is 6.42 Å². The minimum Gasteiger partial charge on any atom is -0.296 e. The second-order valence-electron chi connectivity index (χ2n) is 4.19. The van der Waals surface area contributed by atoms with Crippen LogP contribution in [0.5, 0.6) is 0 Å². The van der Waals surface area contributed by atoms with Crippen molar-refractivity contribution >= 4 is 11.3 Å². The van der Waals surface area contributed by atoms with E-state index in [2.05, 4.69) is 16.3 Å². The van der Waals surface area contributed by atoms with Gasteiger partial charge in [0.25, 0.3) is 0 Å². The van der Waals surface area contributed by atoms with Crippen LogP contribution in [0, 0.1) is 0 Å². The molecular formula is C11H15NS. The molecule has 1 fully saturated rings. The number of hydrogen-bond acceptors (Lipinski definition) is 2. The minimum absolute atomic E-state index is 0.875. The number of thiophene rings is 1. The molecule has 3 rings (SSSR count). The lowest BCUT2D eigenvalue weighted by molar-refractivity contribution is 0.129. The quantitative estimate of drug-likeness (QED) is 0.612. The van der Waals surface area contributed by atoms with Gasteiger partial charge in [-0.15, -0.1) is 11.3 Å². The first kappa shape index (κ1) is 8.01. The Morgan fingerprint density at radius 3 is 3.38 bits per heavy atom. The third-order valence-corrected chi connectivity index (χ3v) is 4.37. The first-order chi connectivity index (χ1) is 6.43. The molecule has 0 aliphatic carbocycles. The fraction of sp³-hybridized carbons (Fsp3) is 0.636. The second-order valence-corrected chi connectivity index (χ2v) is 5.19. The molecule has 70 valence electrons. The van der Waals surface area contributed by atoms with Crippen LogP contribution in [-0.4, -0.2) is 17.5 Å². The van der Waals surface area contributed by atoms with Crippen molar-refractivity contribution in [1.29, 1.82) is 0 Å². The molecule has 0 aromatic carbocycles. The van der Waals surface area contributed by atoms with Crippen LogP contribution < -0.4 is 0 Å². The fourth-order valence-corrected chi connectivity index (χ4v) is 3.59. The standard InChI is InChI=1S/C11H15NS/c1-2-5-12-8-9-4-6-13-11(9)7-10(12)3-1/h4,6,10H,1-3,5,7-8H2. The van der Waals surface area contributed by atoms with Crippen LogP contribution in [0.4, 0.5) is 0 Å². The van der Waals surface area contributed by atoms with Crippen LogP contribution in [0.3, 0.4) is 0 Å². The lowest BCUT2D eigenvalue weighted by Crippen LogP contribution is -2.42. The predicted molar refractivity (Wildman–Crippen MR) is 56.1 cm³/mol. The van der Waals surface area contributed by atoms with E-state index >= 15 is 0 Å². The Balaban J connectivity index is 1.89. The molecule has 13 heavy (non-hydrogen) atoms. The van der Waals surface area contributed by atoms with Crippen molar-refractivity contribution in [2.24, 2.45) is 0 Å². The Kier molecular flexibility index (Phi) is 1.91. The van der Waals surface area contributed by atoms with Gasteiger partial charge in [0.1, 0.15) is 0 Å². The van der Waals surface area contributed by atoms with Gasteiger partial charge in [0.2, 0.25) is 0 Å². The molecule has 1 nitrogen and oxygen atoms in total. The van der Waals surface area contributed by atoms with E-state index in [1.807, 2.05) is 11.3 Å². The van der Waals surface area contributed by atoms with Crippen molar-refractivity contribution in [3.63, 3.8) is 0 Å². The first-order valence-electron chi connectivity index (χ1n) is 5.23. The number of rotatable bonds is 0. The predicted octanol–water partition coefficient (Wildman–Crippen LogP) is 2.66. The Morgan fingerprint density at radius 2 is 2.38 bits per heavy atom. The molecule has 2 aliphatic rings. The van der Waals surface area contributed by atoms with Crippen molar-refractivity contribution < 1.29 is 0 Å². The van der Waals surface area contributed by atoms with Gasteiger partial charge in [0, 0.05) is 17.5 Å². The molecule has 2 heteroatoms. The van der Waals surface area contributed by atoms with E-state index in [0.717, 1.165) is 6.04 Å². The van der Waals surface area contributed by atoms with Crippen molar-refractivity contribution in [3.8, 4) is 0 Å². The molecule has 0 bridgehead atoms. The van der Waals surface area contributed by atoms with Crippen LogP contribution >= 0.6 is 11.3 Å². The minimum atomic E-state index is 0.875. The third kappa shape index (κ3) is 1.32. The largest absolute Gasteiger partial charge is 0.296 e. The molecule has 2 aliphatic heterocycles. The molecule has 1 atom stereocenters. The fourth-order valence-electron chi connectivity index (χ4n) is 2.62. The molecule has 1 saturated heterocycles. The summed E-state index contributed by atoms with van der Waals surface area (Å²) in [6.45, 7) is 2.56. The maximum absolute atomic E-state index is 2.68. The Bertz CT molecular complexity index is 276. The van der Waals surface area contributed by atoms with Crippen molar-refractivity contribution in [2.45, 2.75) is 38.3 Å². The smallest absolute Gasteiger partial charge is 0.0247 e. The zero-order chi connectivity index (χ0) is 8.67.